The number of rotatable bonds is 6. The topological polar surface area (TPSA) is 100 Å². The zero-order valence-electron chi connectivity index (χ0n) is 14.2. The molecule has 0 unspecified atom stereocenters. The van der Waals surface area contributed by atoms with Gasteiger partial charge in [0.15, 0.2) is 0 Å². The first-order valence-electron chi connectivity index (χ1n) is 8.01. The molecule has 7 nitrogen and oxygen atoms in total. The smallest absolute Gasteiger partial charge is 0.416 e. The third-order valence-electron chi connectivity index (χ3n) is 3.54. The number of hydrogen-bond acceptors (Lipinski definition) is 6. The molecule has 0 spiro atoms. The summed E-state index contributed by atoms with van der Waals surface area (Å²) in [5, 5.41) is 14.2. The number of carbonyl (C=O) groups is 1. The van der Waals surface area contributed by atoms with Crippen molar-refractivity contribution < 1.29 is 23.1 Å². The second-order valence-corrected chi connectivity index (χ2v) is 5.65. The second-order valence-electron chi connectivity index (χ2n) is 5.65. The lowest BCUT2D eigenvalue weighted by molar-refractivity contribution is -0.137. The summed E-state index contributed by atoms with van der Waals surface area (Å²) in [6.45, 7) is -0.417. The molecule has 1 aromatic carbocycles. The molecule has 2 heterocycles. The first-order valence-corrected chi connectivity index (χ1v) is 8.01. The van der Waals surface area contributed by atoms with Gasteiger partial charge in [-0.25, -0.2) is 4.98 Å². The Bertz CT molecular complexity index is 980. The maximum Gasteiger partial charge on any atom is 0.416 e. The third kappa shape index (κ3) is 4.93. The quantitative estimate of drug-likeness (QED) is 0.590. The molecule has 0 fully saturated rings. The number of aromatic nitrogens is 3. The number of alkyl halides is 3. The molecule has 3 N–H and O–H groups in total. The Kier molecular flexibility index (Phi) is 5.39. The van der Waals surface area contributed by atoms with Crippen LogP contribution in [0.5, 0.6) is 0 Å². The minimum atomic E-state index is -4.47. The Balaban J connectivity index is 1.95. The van der Waals surface area contributed by atoms with Gasteiger partial charge in [0.2, 0.25) is 5.95 Å². The van der Waals surface area contributed by atoms with E-state index in [-0.39, 0.29) is 17.5 Å². The molecule has 10 heteroatoms. The van der Waals surface area contributed by atoms with Crippen LogP contribution in [0.25, 0.3) is 11.3 Å². The number of carboxylic acids is 1. The number of pyridine rings is 1. The van der Waals surface area contributed by atoms with Crippen molar-refractivity contribution >= 4 is 23.4 Å². The Hall–Kier alpha value is -3.69. The molecule has 0 amide bonds. The van der Waals surface area contributed by atoms with Crippen molar-refractivity contribution in [2.75, 3.05) is 17.2 Å². The number of anilines is 3. The van der Waals surface area contributed by atoms with Crippen LogP contribution in [0, 0.1) is 0 Å². The number of nitrogens with one attached hydrogen (secondary N) is 2. The molecule has 0 atom stereocenters. The standard InChI is InChI=1S/C18H14F3N5O2/c19-18(20,21)12-4-1-5-13(7-12)24-15-8-14(11-3-2-6-22-9-11)25-17(26-15)23-10-16(27)28/h1-9H,10H2,(H,27,28)(H2,23,24,25,26). The van der Waals surface area contributed by atoms with Gasteiger partial charge in [0.1, 0.15) is 12.4 Å². The van der Waals surface area contributed by atoms with Crippen LogP contribution in [-0.4, -0.2) is 32.6 Å². The molecular weight excluding hydrogens is 375 g/mol. The van der Waals surface area contributed by atoms with Crippen molar-refractivity contribution in [2.45, 2.75) is 6.18 Å². The van der Waals surface area contributed by atoms with Gasteiger partial charge in [-0.05, 0) is 30.3 Å². The van der Waals surface area contributed by atoms with Gasteiger partial charge in [-0.2, -0.15) is 18.2 Å². The molecule has 3 aromatic rings. The van der Waals surface area contributed by atoms with Crippen molar-refractivity contribution in [1.82, 2.24) is 15.0 Å². The summed E-state index contributed by atoms with van der Waals surface area (Å²) in [7, 11) is 0. The van der Waals surface area contributed by atoms with Crippen molar-refractivity contribution in [1.29, 1.82) is 0 Å². The number of carboxylic acid groups (broad SMARTS) is 1. The zero-order chi connectivity index (χ0) is 20.1. The van der Waals surface area contributed by atoms with E-state index in [1.54, 1.807) is 24.5 Å². The maximum absolute atomic E-state index is 12.9. The molecule has 2 aromatic heterocycles. The van der Waals surface area contributed by atoms with Gasteiger partial charge < -0.3 is 15.7 Å². The van der Waals surface area contributed by atoms with E-state index in [4.69, 9.17) is 5.11 Å². The molecule has 0 radical (unpaired) electrons. The molecule has 0 saturated carbocycles. The largest absolute Gasteiger partial charge is 0.480 e. The molecule has 0 saturated heterocycles. The van der Waals surface area contributed by atoms with Crippen molar-refractivity contribution in [3.63, 3.8) is 0 Å². The van der Waals surface area contributed by atoms with Gasteiger partial charge in [-0.15, -0.1) is 0 Å². The molecular formula is C18H14F3N5O2. The lowest BCUT2D eigenvalue weighted by atomic mass is 10.2. The van der Waals surface area contributed by atoms with E-state index in [1.807, 2.05) is 0 Å². The molecule has 28 heavy (non-hydrogen) atoms. The average Bonchev–Trinajstić information content (AvgIpc) is 2.66. The minimum Gasteiger partial charge on any atom is -0.480 e. The van der Waals surface area contributed by atoms with Gasteiger partial charge in [0.05, 0.1) is 11.3 Å². The number of nitrogens with zero attached hydrogens (tertiary/aromatic N) is 3. The van der Waals surface area contributed by atoms with Crippen LogP contribution in [0.4, 0.5) is 30.6 Å². The van der Waals surface area contributed by atoms with Crippen LogP contribution < -0.4 is 10.6 Å². The third-order valence-corrected chi connectivity index (χ3v) is 3.54. The van der Waals surface area contributed by atoms with Crippen LogP contribution in [-0.2, 0) is 11.0 Å². The first kappa shape index (κ1) is 19.1. The molecule has 0 aliphatic rings. The normalized spacial score (nSPS) is 11.1. The number of aliphatic carboxylic acids is 1. The van der Waals surface area contributed by atoms with Crippen LogP contribution in [0.3, 0.4) is 0 Å². The SMILES string of the molecule is O=C(O)CNc1nc(Nc2cccc(C(F)(F)F)c2)cc(-c2cccnc2)n1. The minimum absolute atomic E-state index is 0.0122. The molecule has 3 rings (SSSR count). The fraction of sp³-hybridized carbons (Fsp3) is 0.111. The summed E-state index contributed by atoms with van der Waals surface area (Å²) in [5.41, 5.74) is 0.430. The van der Waals surface area contributed by atoms with Gasteiger partial charge >= 0.3 is 12.1 Å². The van der Waals surface area contributed by atoms with E-state index < -0.39 is 24.3 Å². The highest BCUT2D eigenvalue weighted by atomic mass is 19.4. The molecule has 144 valence electrons. The van der Waals surface area contributed by atoms with Gasteiger partial charge in [0.25, 0.3) is 0 Å². The lowest BCUT2D eigenvalue weighted by Crippen LogP contribution is -2.15. The fourth-order valence-electron chi connectivity index (χ4n) is 2.33. The number of hydrogen-bond donors (Lipinski definition) is 3. The Morgan fingerprint density at radius 1 is 1.11 bits per heavy atom. The molecule has 0 aliphatic heterocycles. The highest BCUT2D eigenvalue weighted by Crippen LogP contribution is 2.31. The average molecular weight is 389 g/mol. The summed E-state index contributed by atoms with van der Waals surface area (Å²) in [4.78, 5) is 23.1. The van der Waals surface area contributed by atoms with Crippen molar-refractivity contribution in [3.8, 4) is 11.3 Å². The summed E-state index contributed by atoms with van der Waals surface area (Å²) < 4.78 is 38.7. The highest BCUT2D eigenvalue weighted by Gasteiger charge is 2.30. The monoisotopic (exact) mass is 389 g/mol. The van der Waals surface area contributed by atoms with E-state index in [0.717, 1.165) is 12.1 Å². The predicted molar refractivity (Wildman–Crippen MR) is 96.1 cm³/mol. The summed E-state index contributed by atoms with van der Waals surface area (Å²) in [6.07, 6.45) is -1.34. The van der Waals surface area contributed by atoms with E-state index in [1.165, 1.54) is 18.2 Å². The maximum atomic E-state index is 12.9. The van der Waals surface area contributed by atoms with Crippen molar-refractivity contribution in [2.24, 2.45) is 0 Å². The van der Waals surface area contributed by atoms with Gasteiger partial charge in [-0.3, -0.25) is 9.78 Å². The van der Waals surface area contributed by atoms with Crippen molar-refractivity contribution in [3.05, 3.63) is 60.4 Å². The first-order chi connectivity index (χ1) is 13.3. The van der Waals surface area contributed by atoms with Crippen LogP contribution in [0.15, 0.2) is 54.9 Å². The number of halogens is 3. The predicted octanol–water partition coefficient (Wildman–Crippen LogP) is 3.80. The lowest BCUT2D eigenvalue weighted by Gasteiger charge is -2.12. The molecule has 0 aliphatic carbocycles. The molecule has 0 bridgehead atoms. The van der Waals surface area contributed by atoms with E-state index in [9.17, 15) is 18.0 Å². The van der Waals surface area contributed by atoms with Crippen LogP contribution in [0.1, 0.15) is 5.56 Å². The number of benzene rings is 1. The summed E-state index contributed by atoms with van der Waals surface area (Å²) in [5.74, 6) is -0.901. The van der Waals surface area contributed by atoms with Crippen LogP contribution in [0.2, 0.25) is 0 Å². The van der Waals surface area contributed by atoms with Gasteiger partial charge in [0, 0.05) is 29.7 Å². The second kappa shape index (κ2) is 7.91. The Morgan fingerprint density at radius 2 is 1.93 bits per heavy atom. The summed E-state index contributed by atoms with van der Waals surface area (Å²) >= 11 is 0. The van der Waals surface area contributed by atoms with Crippen LogP contribution >= 0.6 is 0 Å². The Morgan fingerprint density at radius 3 is 2.61 bits per heavy atom. The van der Waals surface area contributed by atoms with E-state index >= 15 is 0 Å². The fourth-order valence-corrected chi connectivity index (χ4v) is 2.33. The van der Waals surface area contributed by atoms with Gasteiger partial charge in [-0.1, -0.05) is 6.07 Å². The van der Waals surface area contributed by atoms with E-state index in [0.29, 0.717) is 11.3 Å². The highest BCUT2D eigenvalue weighted by molar-refractivity contribution is 5.73. The zero-order valence-corrected chi connectivity index (χ0v) is 14.2. The Labute approximate surface area is 157 Å². The summed E-state index contributed by atoms with van der Waals surface area (Å²) in [6, 6.07) is 9.63. The van der Waals surface area contributed by atoms with E-state index in [2.05, 4.69) is 25.6 Å².